The summed E-state index contributed by atoms with van der Waals surface area (Å²) in [7, 11) is 0. The zero-order chi connectivity index (χ0) is 20.4. The molecule has 3 nitrogen and oxygen atoms in total. The summed E-state index contributed by atoms with van der Waals surface area (Å²) in [6.07, 6.45) is -8.08. The molecule has 0 atom stereocenters. The van der Waals surface area contributed by atoms with Gasteiger partial charge < -0.3 is 9.47 Å². The average Bonchev–Trinajstić information content (AvgIpc) is 2.60. The lowest BCUT2D eigenvalue weighted by Crippen LogP contribution is -2.17. The van der Waals surface area contributed by atoms with Crippen molar-refractivity contribution in [2.24, 2.45) is 0 Å². The number of hydrogen-bond donors (Lipinski definition) is 0. The standard InChI is InChI=1S/C19H11F6NO2/c20-18(21,22)27-14-7-3-12(4-8-14)16-2-1-11-26-17(16)13-5-9-15(10-6-13)28-19(23,24)25/h1-11H. The Morgan fingerprint density at radius 2 is 1.07 bits per heavy atom. The number of nitrogens with zero attached hydrogens (tertiary/aromatic N) is 1. The Balaban J connectivity index is 1.89. The molecule has 146 valence electrons. The molecule has 2 aromatic carbocycles. The van der Waals surface area contributed by atoms with Gasteiger partial charge in [0.2, 0.25) is 0 Å². The van der Waals surface area contributed by atoms with E-state index < -0.39 is 12.7 Å². The second-order valence-electron chi connectivity index (χ2n) is 5.54. The van der Waals surface area contributed by atoms with Gasteiger partial charge in [-0.1, -0.05) is 18.2 Å². The number of halogens is 6. The molecular formula is C19H11F6NO2. The van der Waals surface area contributed by atoms with Crippen molar-refractivity contribution in [3.63, 3.8) is 0 Å². The normalized spacial score (nSPS) is 11.9. The van der Waals surface area contributed by atoms with Crippen molar-refractivity contribution in [2.75, 3.05) is 0 Å². The van der Waals surface area contributed by atoms with Gasteiger partial charge in [0.15, 0.2) is 0 Å². The fraction of sp³-hybridized carbons (Fsp3) is 0.105. The Bertz CT molecular complexity index is 856. The Kier molecular flexibility index (Phi) is 5.17. The highest BCUT2D eigenvalue weighted by Gasteiger charge is 2.31. The molecule has 0 aliphatic rings. The highest BCUT2D eigenvalue weighted by atomic mass is 19.4. The number of rotatable bonds is 4. The maximum absolute atomic E-state index is 12.3. The van der Waals surface area contributed by atoms with Crippen LogP contribution in [0.1, 0.15) is 0 Å². The van der Waals surface area contributed by atoms with Gasteiger partial charge >= 0.3 is 12.7 Å². The molecule has 0 fully saturated rings. The summed E-state index contributed by atoms with van der Waals surface area (Å²) in [6.45, 7) is 0. The molecule has 0 radical (unpaired) electrons. The van der Waals surface area contributed by atoms with Crippen LogP contribution in [0.3, 0.4) is 0 Å². The van der Waals surface area contributed by atoms with E-state index in [9.17, 15) is 26.3 Å². The van der Waals surface area contributed by atoms with Crippen molar-refractivity contribution in [3.8, 4) is 33.9 Å². The topological polar surface area (TPSA) is 31.4 Å². The molecule has 0 aliphatic heterocycles. The Labute approximate surface area is 155 Å². The molecule has 28 heavy (non-hydrogen) atoms. The van der Waals surface area contributed by atoms with Gasteiger partial charge in [-0.15, -0.1) is 26.3 Å². The number of hydrogen-bond acceptors (Lipinski definition) is 3. The van der Waals surface area contributed by atoms with E-state index >= 15 is 0 Å². The molecule has 1 heterocycles. The lowest BCUT2D eigenvalue weighted by atomic mass is 9.99. The van der Waals surface area contributed by atoms with E-state index in [1.54, 1.807) is 12.1 Å². The molecule has 3 rings (SSSR count). The van der Waals surface area contributed by atoms with Gasteiger partial charge in [-0.3, -0.25) is 4.98 Å². The number of ether oxygens (including phenoxy) is 2. The predicted octanol–water partition coefficient (Wildman–Crippen LogP) is 6.21. The third-order valence-electron chi connectivity index (χ3n) is 3.57. The SMILES string of the molecule is FC(F)(F)Oc1ccc(-c2cccnc2-c2ccc(OC(F)(F)F)cc2)cc1. The first-order chi connectivity index (χ1) is 13.1. The maximum Gasteiger partial charge on any atom is 0.573 e. The number of alkyl halides is 6. The Morgan fingerprint density at radius 3 is 1.54 bits per heavy atom. The van der Waals surface area contributed by atoms with Gasteiger partial charge in [-0.2, -0.15) is 0 Å². The van der Waals surface area contributed by atoms with E-state index in [4.69, 9.17) is 0 Å². The predicted molar refractivity (Wildman–Crippen MR) is 88.5 cm³/mol. The third kappa shape index (κ3) is 5.15. The zero-order valence-electron chi connectivity index (χ0n) is 13.9. The fourth-order valence-electron chi connectivity index (χ4n) is 2.52. The first-order valence-corrected chi connectivity index (χ1v) is 7.78. The summed E-state index contributed by atoms with van der Waals surface area (Å²) in [5.41, 5.74) is 2.12. The highest BCUT2D eigenvalue weighted by molar-refractivity contribution is 5.80. The quantitative estimate of drug-likeness (QED) is 0.489. The van der Waals surface area contributed by atoms with Crippen LogP contribution >= 0.6 is 0 Å². The summed E-state index contributed by atoms with van der Waals surface area (Å²) in [4.78, 5) is 4.24. The molecular weight excluding hydrogens is 388 g/mol. The largest absolute Gasteiger partial charge is 0.573 e. The zero-order valence-corrected chi connectivity index (χ0v) is 13.9. The van der Waals surface area contributed by atoms with Crippen molar-refractivity contribution in [3.05, 3.63) is 66.9 Å². The van der Waals surface area contributed by atoms with E-state index in [-0.39, 0.29) is 11.5 Å². The van der Waals surface area contributed by atoms with Crippen molar-refractivity contribution < 1.29 is 35.8 Å². The molecule has 0 saturated carbocycles. The molecule has 0 N–H and O–H groups in total. The number of pyridine rings is 1. The van der Waals surface area contributed by atoms with Crippen molar-refractivity contribution >= 4 is 0 Å². The van der Waals surface area contributed by atoms with Gasteiger partial charge in [0.25, 0.3) is 0 Å². The van der Waals surface area contributed by atoms with Crippen molar-refractivity contribution in [1.82, 2.24) is 4.98 Å². The van der Waals surface area contributed by atoms with Crippen LogP contribution in [-0.2, 0) is 0 Å². The first kappa shape index (κ1) is 19.5. The van der Waals surface area contributed by atoms with Gasteiger partial charge in [0.1, 0.15) is 11.5 Å². The number of benzene rings is 2. The minimum absolute atomic E-state index is 0.365. The van der Waals surface area contributed by atoms with Crippen molar-refractivity contribution in [1.29, 1.82) is 0 Å². The van der Waals surface area contributed by atoms with Crippen LogP contribution < -0.4 is 9.47 Å². The molecule has 3 aromatic rings. The average molecular weight is 399 g/mol. The van der Waals surface area contributed by atoms with Gasteiger partial charge in [0, 0.05) is 17.3 Å². The van der Waals surface area contributed by atoms with Crippen LogP contribution in [0.4, 0.5) is 26.3 Å². The van der Waals surface area contributed by atoms with Crippen LogP contribution in [0.2, 0.25) is 0 Å². The summed E-state index contributed by atoms with van der Waals surface area (Å²) in [5.74, 6) is -0.738. The van der Waals surface area contributed by atoms with Crippen LogP contribution in [0.5, 0.6) is 11.5 Å². The molecule has 0 aliphatic carbocycles. The number of aromatic nitrogens is 1. The highest BCUT2D eigenvalue weighted by Crippen LogP contribution is 2.33. The van der Waals surface area contributed by atoms with Crippen LogP contribution in [0, 0.1) is 0 Å². The summed E-state index contributed by atoms with van der Waals surface area (Å²) < 4.78 is 81.3. The first-order valence-electron chi connectivity index (χ1n) is 7.78. The molecule has 0 bridgehead atoms. The summed E-state index contributed by atoms with van der Waals surface area (Å²) >= 11 is 0. The molecule has 0 saturated heterocycles. The van der Waals surface area contributed by atoms with Crippen LogP contribution in [-0.4, -0.2) is 17.7 Å². The molecule has 0 amide bonds. The Morgan fingerprint density at radius 1 is 0.607 bits per heavy atom. The monoisotopic (exact) mass is 399 g/mol. The maximum atomic E-state index is 12.3. The van der Waals surface area contributed by atoms with E-state index in [0.717, 1.165) is 12.1 Å². The molecule has 0 unspecified atom stereocenters. The van der Waals surface area contributed by atoms with Crippen molar-refractivity contribution in [2.45, 2.75) is 12.7 Å². The minimum atomic E-state index is -4.79. The van der Waals surface area contributed by atoms with Crippen LogP contribution in [0.25, 0.3) is 22.4 Å². The van der Waals surface area contributed by atoms with Gasteiger partial charge in [-0.05, 0) is 48.0 Å². The second-order valence-corrected chi connectivity index (χ2v) is 5.54. The lowest BCUT2D eigenvalue weighted by Gasteiger charge is -2.12. The van der Waals surface area contributed by atoms with Gasteiger partial charge in [-0.25, -0.2) is 0 Å². The molecule has 0 spiro atoms. The summed E-state index contributed by atoms with van der Waals surface area (Å²) in [6, 6.07) is 13.7. The van der Waals surface area contributed by atoms with Gasteiger partial charge in [0.05, 0.1) is 5.69 Å². The fourth-order valence-corrected chi connectivity index (χ4v) is 2.52. The summed E-state index contributed by atoms with van der Waals surface area (Å²) in [5, 5.41) is 0. The second kappa shape index (κ2) is 7.41. The molecule has 9 heteroatoms. The Hall–Kier alpha value is -3.23. The van der Waals surface area contributed by atoms with E-state index in [0.29, 0.717) is 22.4 Å². The lowest BCUT2D eigenvalue weighted by molar-refractivity contribution is -0.275. The third-order valence-corrected chi connectivity index (χ3v) is 3.57. The van der Waals surface area contributed by atoms with E-state index in [2.05, 4.69) is 14.5 Å². The van der Waals surface area contributed by atoms with Crippen LogP contribution in [0.15, 0.2) is 66.9 Å². The van der Waals surface area contributed by atoms with E-state index in [1.807, 2.05) is 0 Å². The smallest absolute Gasteiger partial charge is 0.406 e. The van der Waals surface area contributed by atoms with E-state index in [1.165, 1.54) is 42.6 Å². The molecule has 1 aromatic heterocycles. The minimum Gasteiger partial charge on any atom is -0.406 e.